The normalized spacial score (nSPS) is 12.4. The summed E-state index contributed by atoms with van der Waals surface area (Å²) in [6.07, 6.45) is 0.223. The first-order chi connectivity index (χ1) is 16.6. The number of rotatable bonds is 8. The van der Waals surface area contributed by atoms with Crippen LogP contribution in [0.2, 0.25) is 5.15 Å². The van der Waals surface area contributed by atoms with Gasteiger partial charge in [0, 0.05) is 47.0 Å². The second-order valence-corrected chi connectivity index (χ2v) is 9.22. The molecule has 1 aromatic carbocycles. The van der Waals surface area contributed by atoms with E-state index in [0.29, 0.717) is 39.5 Å². The highest BCUT2D eigenvalue weighted by molar-refractivity contribution is 9.10. The first kappa shape index (κ1) is 25.2. The van der Waals surface area contributed by atoms with Gasteiger partial charge in [0.25, 0.3) is 6.43 Å². The molecule has 0 amide bonds. The van der Waals surface area contributed by atoms with Crippen molar-refractivity contribution in [3.8, 4) is 17.0 Å². The monoisotopic (exact) mass is 568 g/mol. The predicted octanol–water partition coefficient (Wildman–Crippen LogP) is 5.93. The highest BCUT2D eigenvalue weighted by Crippen LogP contribution is 2.34. The van der Waals surface area contributed by atoms with Crippen molar-refractivity contribution in [2.45, 2.75) is 39.3 Å². The van der Waals surface area contributed by atoms with Crippen LogP contribution in [0.1, 0.15) is 35.5 Å². The van der Waals surface area contributed by atoms with Crippen molar-refractivity contribution in [2.24, 2.45) is 7.05 Å². The van der Waals surface area contributed by atoms with Crippen LogP contribution in [0.4, 0.5) is 13.2 Å². The molecule has 1 atom stereocenters. The topological polar surface area (TPSA) is 70.7 Å². The molecule has 4 aromatic rings. The largest absolute Gasteiger partial charge is 0.484 e. The number of pyridine rings is 1. The second-order valence-electron chi connectivity index (χ2n) is 7.95. The van der Waals surface area contributed by atoms with Gasteiger partial charge in [-0.05, 0) is 54.0 Å². The molecule has 0 spiro atoms. The lowest BCUT2D eigenvalue weighted by atomic mass is 9.97. The van der Waals surface area contributed by atoms with Gasteiger partial charge >= 0.3 is 0 Å². The quantitative estimate of drug-likeness (QED) is 0.263. The van der Waals surface area contributed by atoms with Crippen LogP contribution >= 0.6 is 27.5 Å². The van der Waals surface area contributed by atoms with E-state index in [-0.39, 0.29) is 11.6 Å². The van der Waals surface area contributed by atoms with Crippen LogP contribution in [0.5, 0.6) is 5.75 Å². The third kappa shape index (κ3) is 5.84. The molecule has 0 radical (unpaired) electrons. The highest BCUT2D eigenvalue weighted by atomic mass is 79.9. The Balaban J connectivity index is 1.70. The van der Waals surface area contributed by atoms with Crippen molar-refractivity contribution in [2.75, 3.05) is 0 Å². The number of hydrogen-bond acceptors (Lipinski definition) is 5. The number of aromatic nitrogens is 6. The molecule has 35 heavy (non-hydrogen) atoms. The minimum Gasteiger partial charge on any atom is -0.484 e. The fourth-order valence-electron chi connectivity index (χ4n) is 3.70. The van der Waals surface area contributed by atoms with E-state index in [4.69, 9.17) is 16.3 Å². The molecule has 0 bridgehead atoms. The summed E-state index contributed by atoms with van der Waals surface area (Å²) >= 11 is 9.58. The molecule has 0 fully saturated rings. The van der Waals surface area contributed by atoms with E-state index in [2.05, 4.69) is 36.2 Å². The third-order valence-corrected chi connectivity index (χ3v) is 6.02. The summed E-state index contributed by atoms with van der Waals surface area (Å²) in [5.41, 5.74) is 3.43. The Kier molecular flexibility index (Phi) is 7.46. The molecule has 0 unspecified atom stereocenters. The van der Waals surface area contributed by atoms with Crippen LogP contribution in [-0.2, 0) is 20.0 Å². The Morgan fingerprint density at radius 2 is 1.94 bits per heavy atom. The van der Waals surface area contributed by atoms with Crippen molar-refractivity contribution in [3.63, 3.8) is 0 Å². The standard InChI is InChI=1S/C23H21BrClF3N6O/c1-12-20(7-15(24)9-29-12)35-13(2)18-8-16(26)4-5-17(18)22-19(30-33(3)31-22)6-14-10-34(11-21(27)28)32-23(14)25/h4-5,7-10,13,21H,6,11H2,1-3H3/t13-/m0/s1. The van der Waals surface area contributed by atoms with Crippen LogP contribution in [-0.4, -0.2) is 36.2 Å². The van der Waals surface area contributed by atoms with E-state index in [1.54, 1.807) is 32.3 Å². The van der Waals surface area contributed by atoms with Crippen molar-refractivity contribution in [1.82, 2.24) is 29.8 Å². The lowest BCUT2D eigenvalue weighted by Crippen LogP contribution is -2.08. The van der Waals surface area contributed by atoms with Gasteiger partial charge in [0.15, 0.2) is 5.15 Å². The fraction of sp³-hybridized carbons (Fsp3) is 0.304. The Morgan fingerprint density at radius 1 is 1.17 bits per heavy atom. The Bertz CT molecular complexity index is 1360. The minimum absolute atomic E-state index is 0.107. The predicted molar refractivity (Wildman–Crippen MR) is 128 cm³/mol. The Morgan fingerprint density at radius 3 is 2.69 bits per heavy atom. The summed E-state index contributed by atoms with van der Waals surface area (Å²) in [5, 5.41) is 13.0. The van der Waals surface area contributed by atoms with E-state index in [1.165, 1.54) is 23.1 Å². The second kappa shape index (κ2) is 10.4. The molecule has 3 aromatic heterocycles. The van der Waals surface area contributed by atoms with Crippen LogP contribution in [0.3, 0.4) is 0 Å². The van der Waals surface area contributed by atoms with Crippen LogP contribution in [0, 0.1) is 12.7 Å². The van der Waals surface area contributed by atoms with E-state index in [1.807, 2.05) is 6.92 Å². The summed E-state index contributed by atoms with van der Waals surface area (Å²) < 4.78 is 47.8. The molecule has 0 aliphatic carbocycles. The van der Waals surface area contributed by atoms with Crippen molar-refractivity contribution < 1.29 is 17.9 Å². The molecule has 4 rings (SSSR count). The Hall–Kier alpha value is -2.92. The summed E-state index contributed by atoms with van der Waals surface area (Å²) in [5.74, 6) is 0.129. The van der Waals surface area contributed by atoms with Gasteiger partial charge in [-0.2, -0.15) is 20.1 Å². The van der Waals surface area contributed by atoms with Gasteiger partial charge in [-0.15, -0.1) is 0 Å². The van der Waals surface area contributed by atoms with E-state index >= 15 is 0 Å². The maximum Gasteiger partial charge on any atom is 0.257 e. The first-order valence-corrected chi connectivity index (χ1v) is 11.8. The maximum absolute atomic E-state index is 14.3. The number of alkyl halides is 2. The van der Waals surface area contributed by atoms with E-state index < -0.39 is 24.9 Å². The number of hydrogen-bond donors (Lipinski definition) is 0. The van der Waals surface area contributed by atoms with Gasteiger partial charge < -0.3 is 4.74 Å². The Labute approximate surface area is 213 Å². The number of halogens is 5. The zero-order valence-corrected chi connectivity index (χ0v) is 21.4. The number of nitrogens with zero attached hydrogens (tertiary/aromatic N) is 6. The summed E-state index contributed by atoms with van der Waals surface area (Å²) in [4.78, 5) is 5.67. The van der Waals surface area contributed by atoms with Crippen LogP contribution in [0.15, 0.2) is 41.1 Å². The smallest absolute Gasteiger partial charge is 0.257 e. The van der Waals surface area contributed by atoms with E-state index in [0.717, 1.165) is 9.15 Å². The van der Waals surface area contributed by atoms with Crippen molar-refractivity contribution in [3.05, 3.63) is 74.6 Å². The average molecular weight is 570 g/mol. The molecule has 0 N–H and O–H groups in total. The summed E-state index contributed by atoms with van der Waals surface area (Å²) in [7, 11) is 1.66. The highest BCUT2D eigenvalue weighted by Gasteiger charge is 2.23. The first-order valence-electron chi connectivity index (χ1n) is 10.6. The van der Waals surface area contributed by atoms with Gasteiger partial charge in [0.05, 0.1) is 11.4 Å². The molecule has 7 nitrogen and oxygen atoms in total. The van der Waals surface area contributed by atoms with E-state index in [9.17, 15) is 13.2 Å². The molecular weight excluding hydrogens is 549 g/mol. The number of ether oxygens (including phenoxy) is 1. The van der Waals surface area contributed by atoms with Crippen LogP contribution < -0.4 is 4.74 Å². The van der Waals surface area contributed by atoms with Crippen molar-refractivity contribution >= 4 is 27.5 Å². The molecule has 3 heterocycles. The molecule has 12 heteroatoms. The SMILES string of the molecule is Cc1ncc(Br)cc1O[C@@H](C)c1cc(F)ccc1-c1nn(C)nc1Cc1cn(CC(F)F)nc1Cl. The molecule has 0 aliphatic heterocycles. The average Bonchev–Trinajstić information content (AvgIpc) is 3.31. The molecule has 0 saturated heterocycles. The minimum atomic E-state index is -2.56. The summed E-state index contributed by atoms with van der Waals surface area (Å²) in [6.45, 7) is 3.06. The molecule has 0 saturated carbocycles. The van der Waals surface area contributed by atoms with Gasteiger partial charge in [-0.3, -0.25) is 9.67 Å². The lowest BCUT2D eigenvalue weighted by Gasteiger charge is -2.19. The maximum atomic E-state index is 14.3. The molecule has 0 aliphatic rings. The third-order valence-electron chi connectivity index (χ3n) is 5.27. The zero-order valence-electron chi connectivity index (χ0n) is 19.0. The van der Waals surface area contributed by atoms with Gasteiger partial charge in [0.1, 0.15) is 29.9 Å². The number of benzene rings is 1. The van der Waals surface area contributed by atoms with Gasteiger partial charge in [0.2, 0.25) is 0 Å². The lowest BCUT2D eigenvalue weighted by molar-refractivity contribution is 0.122. The van der Waals surface area contributed by atoms with Gasteiger partial charge in [-0.25, -0.2) is 13.2 Å². The summed E-state index contributed by atoms with van der Waals surface area (Å²) in [6, 6.07) is 6.15. The molecular formula is C23H21BrClF3N6O. The van der Waals surface area contributed by atoms with Crippen LogP contribution in [0.25, 0.3) is 11.3 Å². The molecule has 184 valence electrons. The zero-order chi connectivity index (χ0) is 25.3. The fourth-order valence-corrected chi connectivity index (χ4v) is 4.22. The van der Waals surface area contributed by atoms with Gasteiger partial charge in [-0.1, -0.05) is 11.6 Å². The number of aryl methyl sites for hydroxylation is 2. The van der Waals surface area contributed by atoms with Crippen molar-refractivity contribution in [1.29, 1.82) is 0 Å².